The summed E-state index contributed by atoms with van der Waals surface area (Å²) >= 11 is 0. The van der Waals surface area contributed by atoms with Crippen molar-refractivity contribution in [3.05, 3.63) is 53.7 Å². The van der Waals surface area contributed by atoms with Gasteiger partial charge in [-0.05, 0) is 50.2 Å². The summed E-state index contributed by atoms with van der Waals surface area (Å²) in [7, 11) is -3.72. The second-order valence-corrected chi connectivity index (χ2v) is 7.49. The lowest BCUT2D eigenvalue weighted by Gasteiger charge is -2.09. The molecule has 0 bridgehead atoms. The largest absolute Gasteiger partial charge is 0.462 e. The molecule has 0 radical (unpaired) electrons. The van der Waals surface area contributed by atoms with E-state index in [2.05, 4.69) is 15.0 Å². The number of anilines is 1. The molecule has 1 heterocycles. The van der Waals surface area contributed by atoms with Gasteiger partial charge in [-0.25, -0.2) is 27.7 Å². The first-order valence-electron chi connectivity index (χ1n) is 9.01. The van der Waals surface area contributed by atoms with Gasteiger partial charge in [-0.2, -0.15) is 0 Å². The zero-order valence-corrected chi connectivity index (χ0v) is 17.0. The number of esters is 2. The molecule has 0 unspecified atom stereocenters. The molecule has 2 N–H and O–H groups in total. The van der Waals surface area contributed by atoms with Gasteiger partial charge in [0.2, 0.25) is 10.0 Å². The number of pyridine rings is 1. The van der Waals surface area contributed by atoms with Crippen LogP contribution >= 0.6 is 0 Å². The molecule has 0 fully saturated rings. The molecule has 2 rings (SSSR count). The fraction of sp³-hybridized carbons (Fsp3) is 0.316. The van der Waals surface area contributed by atoms with Crippen LogP contribution in [0, 0.1) is 0 Å². The van der Waals surface area contributed by atoms with Gasteiger partial charge in [-0.1, -0.05) is 0 Å². The summed E-state index contributed by atoms with van der Waals surface area (Å²) < 4.78 is 36.8. The van der Waals surface area contributed by atoms with Crippen molar-refractivity contribution in [2.24, 2.45) is 0 Å². The lowest BCUT2D eigenvalue weighted by molar-refractivity contribution is 0.0516. The highest BCUT2D eigenvalue weighted by Gasteiger charge is 2.15. The summed E-state index contributed by atoms with van der Waals surface area (Å²) in [5.74, 6) is -0.459. The number of nitrogens with zero attached hydrogens (tertiary/aromatic N) is 1. The molecule has 0 spiro atoms. The number of rotatable bonds is 10. The molecule has 0 saturated carbocycles. The maximum atomic E-state index is 12.3. The molecule has 0 saturated heterocycles. The van der Waals surface area contributed by atoms with Gasteiger partial charge in [0.15, 0.2) is 0 Å². The molecular formula is C19H23N3O6S. The van der Waals surface area contributed by atoms with Crippen molar-refractivity contribution < 1.29 is 27.5 Å². The van der Waals surface area contributed by atoms with Crippen molar-refractivity contribution in [2.45, 2.75) is 18.7 Å². The van der Waals surface area contributed by atoms with Gasteiger partial charge in [-0.15, -0.1) is 0 Å². The number of nitrogens with one attached hydrogen (secondary N) is 2. The molecule has 1 aromatic heterocycles. The lowest BCUT2D eigenvalue weighted by Crippen LogP contribution is -2.29. The third kappa shape index (κ3) is 6.54. The number of hydrogen-bond acceptors (Lipinski definition) is 8. The third-order valence-corrected chi connectivity index (χ3v) is 5.15. The second kappa shape index (κ2) is 10.5. The van der Waals surface area contributed by atoms with E-state index in [1.165, 1.54) is 30.5 Å². The molecule has 9 nitrogen and oxygen atoms in total. The standard InChI is InChI=1S/C19H23N3O6S/c1-3-27-18(23)14-5-8-16(9-6-14)29(25,26)22-12-11-20-17-10-7-15(13-21-17)19(24)28-4-2/h5-10,13,22H,3-4,11-12H2,1-2H3,(H,20,21). The Balaban J connectivity index is 1.84. The minimum atomic E-state index is -3.72. The third-order valence-electron chi connectivity index (χ3n) is 3.67. The normalized spacial score (nSPS) is 11.0. The maximum Gasteiger partial charge on any atom is 0.339 e. The predicted molar refractivity (Wildman–Crippen MR) is 106 cm³/mol. The fourth-order valence-corrected chi connectivity index (χ4v) is 3.31. The molecule has 10 heteroatoms. The van der Waals surface area contributed by atoms with E-state index >= 15 is 0 Å². The van der Waals surface area contributed by atoms with Gasteiger partial charge in [0.1, 0.15) is 5.82 Å². The predicted octanol–water partition coefficient (Wildman–Crippen LogP) is 1.83. The summed E-state index contributed by atoms with van der Waals surface area (Å²) in [5.41, 5.74) is 0.620. The minimum Gasteiger partial charge on any atom is -0.462 e. The first-order valence-corrected chi connectivity index (χ1v) is 10.5. The van der Waals surface area contributed by atoms with E-state index < -0.39 is 22.0 Å². The molecule has 0 aliphatic rings. The molecule has 2 aromatic rings. The Morgan fingerprint density at radius 3 is 2.03 bits per heavy atom. The second-order valence-electron chi connectivity index (χ2n) is 5.72. The van der Waals surface area contributed by atoms with Crippen molar-refractivity contribution in [3.63, 3.8) is 0 Å². The number of aromatic nitrogens is 1. The van der Waals surface area contributed by atoms with Crippen LogP contribution in [0.5, 0.6) is 0 Å². The van der Waals surface area contributed by atoms with Crippen LogP contribution < -0.4 is 10.0 Å². The van der Waals surface area contributed by atoms with E-state index in [1.807, 2.05) is 0 Å². The molecule has 1 aromatic carbocycles. The summed E-state index contributed by atoms with van der Waals surface area (Å²) in [6.45, 7) is 4.34. The fourth-order valence-electron chi connectivity index (χ4n) is 2.28. The maximum absolute atomic E-state index is 12.3. The van der Waals surface area contributed by atoms with E-state index in [1.54, 1.807) is 26.0 Å². The zero-order chi connectivity index (χ0) is 21.3. The Kier molecular flexibility index (Phi) is 8.10. The number of carbonyl (C=O) groups is 2. The minimum absolute atomic E-state index is 0.0439. The van der Waals surface area contributed by atoms with Gasteiger partial charge in [0, 0.05) is 19.3 Å². The average Bonchev–Trinajstić information content (AvgIpc) is 2.72. The van der Waals surface area contributed by atoms with Crippen molar-refractivity contribution >= 4 is 27.8 Å². The Bertz CT molecular complexity index is 927. The van der Waals surface area contributed by atoms with E-state index in [0.717, 1.165) is 0 Å². The lowest BCUT2D eigenvalue weighted by atomic mass is 10.2. The molecular weight excluding hydrogens is 398 g/mol. The summed E-state index contributed by atoms with van der Waals surface area (Å²) in [6.07, 6.45) is 1.38. The van der Waals surface area contributed by atoms with Crippen LogP contribution in [0.15, 0.2) is 47.5 Å². The van der Waals surface area contributed by atoms with E-state index in [-0.39, 0.29) is 36.8 Å². The van der Waals surface area contributed by atoms with Crippen LogP contribution in [0.25, 0.3) is 0 Å². The van der Waals surface area contributed by atoms with Crippen molar-refractivity contribution in [3.8, 4) is 0 Å². The first kappa shape index (κ1) is 22.3. The van der Waals surface area contributed by atoms with Crippen LogP contribution in [-0.2, 0) is 19.5 Å². The monoisotopic (exact) mass is 421 g/mol. The zero-order valence-electron chi connectivity index (χ0n) is 16.2. The van der Waals surface area contributed by atoms with Gasteiger partial charge >= 0.3 is 11.9 Å². The topological polar surface area (TPSA) is 124 Å². The van der Waals surface area contributed by atoms with Gasteiger partial charge in [0.05, 0.1) is 29.2 Å². The Hall–Kier alpha value is -2.98. The van der Waals surface area contributed by atoms with Gasteiger partial charge in [0.25, 0.3) is 0 Å². The SMILES string of the molecule is CCOC(=O)c1ccc(S(=O)(=O)NCCNc2ccc(C(=O)OCC)cn2)cc1. The number of hydrogen-bond donors (Lipinski definition) is 2. The average molecular weight is 421 g/mol. The van der Waals surface area contributed by atoms with Crippen molar-refractivity contribution in [1.82, 2.24) is 9.71 Å². The number of carbonyl (C=O) groups excluding carboxylic acids is 2. The summed E-state index contributed by atoms with van der Waals surface area (Å²) in [4.78, 5) is 27.3. The van der Waals surface area contributed by atoms with Crippen LogP contribution in [-0.4, -0.2) is 51.6 Å². The van der Waals surface area contributed by atoms with Crippen LogP contribution in [0.3, 0.4) is 0 Å². The molecule has 29 heavy (non-hydrogen) atoms. The van der Waals surface area contributed by atoms with E-state index in [4.69, 9.17) is 9.47 Å². The molecule has 0 amide bonds. The molecule has 0 aliphatic heterocycles. The Morgan fingerprint density at radius 2 is 1.48 bits per heavy atom. The highest BCUT2D eigenvalue weighted by Crippen LogP contribution is 2.11. The first-order chi connectivity index (χ1) is 13.9. The highest BCUT2D eigenvalue weighted by molar-refractivity contribution is 7.89. The summed E-state index contributed by atoms with van der Waals surface area (Å²) in [6, 6.07) is 8.67. The summed E-state index contributed by atoms with van der Waals surface area (Å²) in [5, 5.41) is 2.95. The van der Waals surface area contributed by atoms with E-state index in [9.17, 15) is 18.0 Å². The van der Waals surface area contributed by atoms with Crippen LogP contribution in [0.1, 0.15) is 34.6 Å². The highest BCUT2D eigenvalue weighted by atomic mass is 32.2. The van der Waals surface area contributed by atoms with Crippen molar-refractivity contribution in [2.75, 3.05) is 31.6 Å². The van der Waals surface area contributed by atoms with E-state index in [0.29, 0.717) is 11.4 Å². The van der Waals surface area contributed by atoms with Crippen molar-refractivity contribution in [1.29, 1.82) is 0 Å². The van der Waals surface area contributed by atoms with Crippen LogP contribution in [0.2, 0.25) is 0 Å². The molecule has 0 aliphatic carbocycles. The Labute approximate surface area is 169 Å². The van der Waals surface area contributed by atoms with Gasteiger partial charge in [-0.3, -0.25) is 0 Å². The number of ether oxygens (including phenoxy) is 2. The molecule has 0 atom stereocenters. The molecule has 156 valence electrons. The quantitative estimate of drug-likeness (QED) is 0.440. The van der Waals surface area contributed by atoms with Crippen LogP contribution in [0.4, 0.5) is 5.82 Å². The number of benzene rings is 1. The Morgan fingerprint density at radius 1 is 0.897 bits per heavy atom. The number of sulfonamides is 1. The smallest absolute Gasteiger partial charge is 0.339 e. The van der Waals surface area contributed by atoms with Gasteiger partial charge < -0.3 is 14.8 Å².